The maximum Gasteiger partial charge on any atom is 0.168 e. The third-order valence-corrected chi connectivity index (χ3v) is 4.56. The van der Waals surface area contributed by atoms with E-state index in [0.29, 0.717) is 12.3 Å². The van der Waals surface area contributed by atoms with E-state index in [1.807, 2.05) is 24.3 Å². The summed E-state index contributed by atoms with van der Waals surface area (Å²) in [6, 6.07) is 5.74. The molecule has 0 amide bonds. The Hall–Kier alpha value is -2.48. The summed E-state index contributed by atoms with van der Waals surface area (Å²) in [5.41, 5.74) is 3.93. The highest BCUT2D eigenvalue weighted by Gasteiger charge is 2.21. The van der Waals surface area contributed by atoms with Crippen molar-refractivity contribution in [1.29, 1.82) is 0 Å². The summed E-state index contributed by atoms with van der Waals surface area (Å²) < 4.78 is 0. The van der Waals surface area contributed by atoms with Crippen LogP contribution in [0.2, 0.25) is 0 Å². The van der Waals surface area contributed by atoms with Crippen molar-refractivity contribution in [3.63, 3.8) is 0 Å². The van der Waals surface area contributed by atoms with E-state index in [9.17, 15) is 4.79 Å². The lowest BCUT2D eigenvalue weighted by atomic mass is 9.86. The van der Waals surface area contributed by atoms with Crippen LogP contribution in [0.5, 0.6) is 0 Å². The maximum absolute atomic E-state index is 13.0. The van der Waals surface area contributed by atoms with E-state index in [1.54, 1.807) is 6.20 Å². The Kier molecular flexibility index (Phi) is 5.37. The van der Waals surface area contributed by atoms with Crippen LogP contribution in [0.4, 0.5) is 0 Å². The van der Waals surface area contributed by atoms with Gasteiger partial charge >= 0.3 is 0 Å². The maximum atomic E-state index is 13.0. The Labute approximate surface area is 144 Å². The van der Waals surface area contributed by atoms with Gasteiger partial charge < -0.3 is 0 Å². The quantitative estimate of drug-likeness (QED) is 0.748. The number of allylic oxidation sites excluding steroid dienone is 10. The van der Waals surface area contributed by atoms with E-state index in [4.69, 9.17) is 0 Å². The number of nitrogens with zero attached hydrogens (tertiary/aromatic N) is 1. The van der Waals surface area contributed by atoms with Crippen LogP contribution in [-0.2, 0) is 4.79 Å². The first-order chi connectivity index (χ1) is 11.8. The number of pyridine rings is 1. The number of aromatic nitrogens is 1. The molecule has 0 aromatic carbocycles. The first-order valence-corrected chi connectivity index (χ1v) is 8.68. The van der Waals surface area contributed by atoms with Crippen LogP contribution >= 0.6 is 0 Å². The number of ketones is 1. The Balaban J connectivity index is 2.01. The predicted molar refractivity (Wildman–Crippen MR) is 99.3 cm³/mol. The fraction of sp³-hybridized carbons (Fsp3) is 0.273. The largest absolute Gasteiger partial charge is 0.294 e. The van der Waals surface area contributed by atoms with E-state index in [1.165, 1.54) is 11.1 Å². The molecule has 0 radical (unpaired) electrons. The molecular weight excluding hydrogens is 294 g/mol. The Bertz CT molecular complexity index is 747. The van der Waals surface area contributed by atoms with Crippen molar-refractivity contribution in [3.8, 4) is 0 Å². The van der Waals surface area contributed by atoms with E-state index in [-0.39, 0.29) is 5.78 Å². The summed E-state index contributed by atoms with van der Waals surface area (Å²) in [5.74, 6) is 0.478. The average molecular weight is 317 g/mol. The fourth-order valence-electron chi connectivity index (χ4n) is 3.26. The van der Waals surface area contributed by atoms with Gasteiger partial charge in [0.2, 0.25) is 0 Å². The molecule has 0 bridgehead atoms. The van der Waals surface area contributed by atoms with Crippen LogP contribution in [0.1, 0.15) is 38.3 Å². The van der Waals surface area contributed by atoms with Gasteiger partial charge in [0.1, 0.15) is 0 Å². The van der Waals surface area contributed by atoms with Crippen LogP contribution < -0.4 is 0 Å². The molecule has 2 aliphatic carbocycles. The summed E-state index contributed by atoms with van der Waals surface area (Å²) in [4.78, 5) is 17.4. The zero-order chi connectivity index (χ0) is 16.8. The third kappa shape index (κ3) is 3.70. The minimum Gasteiger partial charge on any atom is -0.294 e. The van der Waals surface area contributed by atoms with E-state index < -0.39 is 0 Å². The molecule has 0 fully saturated rings. The number of rotatable bonds is 2. The first kappa shape index (κ1) is 16.4. The van der Waals surface area contributed by atoms with Crippen LogP contribution in [0.3, 0.4) is 0 Å². The van der Waals surface area contributed by atoms with Crippen molar-refractivity contribution in [2.45, 2.75) is 32.6 Å². The molecule has 1 aromatic heterocycles. The predicted octanol–water partition coefficient (Wildman–Crippen LogP) is 5.22. The number of carbonyl (C=O) groups excluding carboxylic acids is 1. The van der Waals surface area contributed by atoms with Gasteiger partial charge in [-0.25, -0.2) is 0 Å². The molecule has 1 atom stereocenters. The molecule has 2 heteroatoms. The van der Waals surface area contributed by atoms with Crippen LogP contribution in [0, 0.1) is 5.92 Å². The Morgan fingerprint density at radius 3 is 2.88 bits per heavy atom. The fourth-order valence-corrected chi connectivity index (χ4v) is 3.26. The molecule has 24 heavy (non-hydrogen) atoms. The van der Waals surface area contributed by atoms with Crippen molar-refractivity contribution in [3.05, 3.63) is 83.8 Å². The number of Topliss-reactive ketones (excluding diaryl/α,β-unsaturated/α-hetero) is 1. The van der Waals surface area contributed by atoms with E-state index in [0.717, 1.165) is 30.5 Å². The highest BCUT2D eigenvalue weighted by Crippen LogP contribution is 2.31. The van der Waals surface area contributed by atoms with Gasteiger partial charge in [-0.15, -0.1) is 0 Å². The third-order valence-electron chi connectivity index (χ3n) is 4.56. The lowest BCUT2D eigenvalue weighted by molar-refractivity contribution is -0.113. The van der Waals surface area contributed by atoms with Gasteiger partial charge in [0.25, 0.3) is 0 Å². The molecule has 0 saturated heterocycles. The van der Waals surface area contributed by atoms with Gasteiger partial charge in [0.15, 0.2) is 5.78 Å². The molecule has 0 aliphatic heterocycles. The van der Waals surface area contributed by atoms with Gasteiger partial charge in [-0.2, -0.15) is 0 Å². The van der Waals surface area contributed by atoms with Crippen molar-refractivity contribution in [2.75, 3.05) is 0 Å². The minimum atomic E-state index is 0.165. The smallest absolute Gasteiger partial charge is 0.168 e. The average Bonchev–Trinajstić information content (AvgIpc) is 2.81. The van der Waals surface area contributed by atoms with Crippen LogP contribution in [-0.4, -0.2) is 10.8 Å². The topological polar surface area (TPSA) is 30.0 Å². The number of hydrogen-bond acceptors (Lipinski definition) is 2. The monoisotopic (exact) mass is 317 g/mol. The standard InChI is InChI=1S/C22H23NO/c1-2-17-10-6-7-12-18-11-4-3-5-13-19(22(24)16-20(17)18)21-14-8-9-15-23-21/h4,6-15,17H,2-3,5,16H2,1H3/b11-4-,19-13-. The molecule has 0 saturated carbocycles. The molecule has 0 spiro atoms. The first-order valence-electron chi connectivity index (χ1n) is 8.68. The number of carbonyl (C=O) groups is 1. The SMILES string of the molecule is CCC1C=CC=CC2=C1CC(=O)/C(c1ccccn1)=C\CC/C=C\2. The summed E-state index contributed by atoms with van der Waals surface area (Å²) >= 11 is 0. The lowest BCUT2D eigenvalue weighted by Crippen LogP contribution is -2.11. The summed E-state index contributed by atoms with van der Waals surface area (Å²) in [6.07, 6.45) is 19.9. The van der Waals surface area contributed by atoms with Gasteiger partial charge in [-0.1, -0.05) is 55.5 Å². The lowest BCUT2D eigenvalue weighted by Gasteiger charge is -2.18. The molecular formula is C22H23NO. The molecule has 3 rings (SSSR count). The molecule has 2 aliphatic rings. The zero-order valence-corrected chi connectivity index (χ0v) is 14.1. The van der Waals surface area contributed by atoms with Crippen molar-refractivity contribution in [2.24, 2.45) is 5.92 Å². The molecule has 1 heterocycles. The molecule has 1 unspecified atom stereocenters. The summed E-state index contributed by atoms with van der Waals surface area (Å²) in [5, 5.41) is 0. The Morgan fingerprint density at radius 2 is 2.08 bits per heavy atom. The van der Waals surface area contributed by atoms with E-state index in [2.05, 4.69) is 48.4 Å². The molecule has 122 valence electrons. The normalized spacial score (nSPS) is 24.8. The van der Waals surface area contributed by atoms with Crippen molar-refractivity contribution >= 4 is 11.4 Å². The Morgan fingerprint density at radius 1 is 1.17 bits per heavy atom. The second-order valence-corrected chi connectivity index (χ2v) is 6.15. The summed E-state index contributed by atoms with van der Waals surface area (Å²) in [7, 11) is 0. The van der Waals surface area contributed by atoms with Gasteiger partial charge in [-0.05, 0) is 48.5 Å². The van der Waals surface area contributed by atoms with Gasteiger partial charge in [0.05, 0.1) is 5.69 Å². The highest BCUT2D eigenvalue weighted by atomic mass is 16.1. The van der Waals surface area contributed by atoms with Crippen molar-refractivity contribution < 1.29 is 4.79 Å². The summed E-state index contributed by atoms with van der Waals surface area (Å²) in [6.45, 7) is 2.17. The van der Waals surface area contributed by atoms with Gasteiger partial charge in [0, 0.05) is 18.2 Å². The van der Waals surface area contributed by atoms with E-state index >= 15 is 0 Å². The molecule has 2 nitrogen and oxygen atoms in total. The van der Waals surface area contributed by atoms with Crippen LogP contribution in [0.25, 0.3) is 5.57 Å². The van der Waals surface area contributed by atoms with Gasteiger partial charge in [-0.3, -0.25) is 9.78 Å². The number of hydrogen-bond donors (Lipinski definition) is 0. The zero-order valence-electron chi connectivity index (χ0n) is 14.1. The van der Waals surface area contributed by atoms with Crippen LogP contribution in [0.15, 0.2) is 78.1 Å². The highest BCUT2D eigenvalue weighted by molar-refractivity contribution is 6.21. The second-order valence-electron chi connectivity index (χ2n) is 6.15. The minimum absolute atomic E-state index is 0.165. The van der Waals surface area contributed by atoms with Crippen molar-refractivity contribution in [1.82, 2.24) is 4.98 Å². The molecule has 1 aromatic rings. The molecule has 0 N–H and O–H groups in total. The second kappa shape index (κ2) is 7.87.